The molecule has 6 nitrogen and oxygen atoms in total. The van der Waals surface area contributed by atoms with Crippen LogP contribution in [-0.2, 0) is 10.9 Å². The number of halogens is 3. The zero-order valence-electron chi connectivity index (χ0n) is 17.5. The molecule has 0 aliphatic carbocycles. The van der Waals surface area contributed by atoms with E-state index in [1.165, 1.54) is 12.4 Å². The van der Waals surface area contributed by atoms with Crippen LogP contribution in [0.1, 0.15) is 42.6 Å². The van der Waals surface area contributed by atoms with E-state index in [1.54, 1.807) is 18.7 Å². The smallest absolute Gasteiger partial charge is 0.378 e. The van der Waals surface area contributed by atoms with E-state index in [1.807, 2.05) is 0 Å². The van der Waals surface area contributed by atoms with Gasteiger partial charge in [0.25, 0.3) is 5.91 Å². The van der Waals surface area contributed by atoms with E-state index in [2.05, 4.69) is 22.1 Å². The van der Waals surface area contributed by atoms with Gasteiger partial charge in [0, 0.05) is 25.5 Å². The third-order valence-corrected chi connectivity index (χ3v) is 5.84. The van der Waals surface area contributed by atoms with Crippen LogP contribution < -0.4 is 10.2 Å². The van der Waals surface area contributed by atoms with Crippen LogP contribution in [-0.4, -0.2) is 54.4 Å². The number of anilines is 1. The number of aromatic nitrogens is 1. The van der Waals surface area contributed by atoms with Crippen LogP contribution in [0, 0.1) is 11.8 Å². The molecule has 3 heterocycles. The third-order valence-electron chi connectivity index (χ3n) is 4.84. The predicted octanol–water partition coefficient (Wildman–Crippen LogP) is 3.43. The number of ether oxygens (including phenoxy) is 1. The lowest BCUT2D eigenvalue weighted by Gasteiger charge is -2.32. The van der Waals surface area contributed by atoms with Gasteiger partial charge >= 0.3 is 6.18 Å². The lowest BCUT2D eigenvalue weighted by Crippen LogP contribution is -2.37. The highest BCUT2D eigenvalue weighted by Gasteiger charge is 2.36. The van der Waals surface area contributed by atoms with Crippen molar-refractivity contribution in [2.75, 3.05) is 31.6 Å². The molecule has 10 heteroatoms. The number of nitrogens with zero attached hydrogens (tertiary/aromatic N) is 2. The molecule has 0 spiro atoms. The Morgan fingerprint density at radius 3 is 2.65 bits per heavy atom. The summed E-state index contributed by atoms with van der Waals surface area (Å²) in [6.45, 7) is 4.29. The van der Waals surface area contributed by atoms with Crippen molar-refractivity contribution in [1.29, 1.82) is 0 Å². The highest BCUT2D eigenvalue weighted by Crippen LogP contribution is 2.40. The second-order valence-electron chi connectivity index (χ2n) is 7.79. The lowest BCUT2D eigenvalue weighted by atomic mass is 10.1. The quantitative estimate of drug-likeness (QED) is 0.691. The highest BCUT2D eigenvalue weighted by molar-refractivity contribution is 7.17. The monoisotopic (exact) mass is 455 g/mol. The van der Waals surface area contributed by atoms with E-state index in [-0.39, 0.29) is 34.3 Å². The topological polar surface area (TPSA) is 74.7 Å². The number of hydrogen-bond acceptors (Lipinski definition) is 6. The third kappa shape index (κ3) is 5.67. The molecule has 2 aromatic heterocycles. The summed E-state index contributed by atoms with van der Waals surface area (Å²) in [5.41, 5.74) is -1.66. The molecular formula is C21H24F3N3O3S. The molecule has 2 N–H and O–H groups in total. The van der Waals surface area contributed by atoms with Gasteiger partial charge in [-0.3, -0.25) is 4.79 Å². The zero-order chi connectivity index (χ0) is 22.8. The number of piperidine rings is 1. The van der Waals surface area contributed by atoms with E-state index >= 15 is 0 Å². The Morgan fingerprint density at radius 1 is 1.39 bits per heavy atom. The molecule has 1 amide bonds. The number of fused-ring (bicyclic) bond motifs is 1. The molecule has 0 radical (unpaired) electrons. The normalized spacial score (nSPS) is 15.6. The molecule has 0 bridgehead atoms. The Morgan fingerprint density at radius 2 is 2.06 bits per heavy atom. The second kappa shape index (κ2) is 9.02. The first-order chi connectivity index (χ1) is 14.5. The highest BCUT2D eigenvalue weighted by atomic mass is 32.1. The molecular weight excluding hydrogens is 431 g/mol. The maximum absolute atomic E-state index is 13.7. The minimum atomic E-state index is -4.55. The standard InChI is InChI=1S/C21H24F3N3O3S/c1-20(2,29)7-4-10-30-13-5-8-27(9-6-13)16-11-15(21(22,23)24)18-17(26-16)14(12-31-18)19(28)25-3/h11-13,29H,5-6,8-10H2,1-3H3,(H,25,28). The van der Waals surface area contributed by atoms with Gasteiger partial charge in [-0.05, 0) is 32.8 Å². The van der Waals surface area contributed by atoms with Gasteiger partial charge < -0.3 is 20.1 Å². The number of nitrogens with one attached hydrogen (secondary N) is 1. The molecule has 1 aliphatic rings. The molecule has 0 aromatic carbocycles. The van der Waals surface area contributed by atoms with Crippen LogP contribution in [0.15, 0.2) is 11.4 Å². The van der Waals surface area contributed by atoms with Crippen molar-refractivity contribution >= 4 is 33.3 Å². The Bertz CT molecular complexity index is 1010. The van der Waals surface area contributed by atoms with E-state index in [4.69, 9.17) is 4.74 Å². The van der Waals surface area contributed by atoms with Gasteiger partial charge in [-0.15, -0.1) is 11.3 Å². The summed E-state index contributed by atoms with van der Waals surface area (Å²) < 4.78 is 46.7. The van der Waals surface area contributed by atoms with Crippen LogP contribution in [0.3, 0.4) is 0 Å². The van der Waals surface area contributed by atoms with Crippen LogP contribution >= 0.6 is 11.3 Å². The van der Waals surface area contributed by atoms with Gasteiger partial charge in [-0.1, -0.05) is 11.8 Å². The van der Waals surface area contributed by atoms with Gasteiger partial charge in [0.15, 0.2) is 0 Å². The number of aliphatic hydroxyl groups is 1. The van der Waals surface area contributed by atoms with Crippen molar-refractivity contribution in [2.24, 2.45) is 0 Å². The van der Waals surface area contributed by atoms with Gasteiger partial charge in [-0.2, -0.15) is 13.2 Å². The molecule has 168 valence electrons. The van der Waals surface area contributed by atoms with Crippen LogP contribution in [0.25, 0.3) is 10.2 Å². The molecule has 2 aromatic rings. The van der Waals surface area contributed by atoms with Crippen molar-refractivity contribution in [3.63, 3.8) is 0 Å². The largest absolute Gasteiger partial charge is 0.417 e. The first-order valence-corrected chi connectivity index (χ1v) is 10.7. The number of carbonyl (C=O) groups is 1. The number of carbonyl (C=O) groups excluding carboxylic acids is 1. The van der Waals surface area contributed by atoms with Crippen LogP contribution in [0.2, 0.25) is 0 Å². The van der Waals surface area contributed by atoms with Crippen molar-refractivity contribution in [1.82, 2.24) is 10.3 Å². The molecule has 1 saturated heterocycles. The average Bonchev–Trinajstić information content (AvgIpc) is 3.13. The summed E-state index contributed by atoms with van der Waals surface area (Å²) in [4.78, 5) is 18.3. The maximum Gasteiger partial charge on any atom is 0.417 e. The Balaban J connectivity index is 1.78. The molecule has 1 aliphatic heterocycles. The Kier molecular flexibility index (Phi) is 6.79. The fourth-order valence-electron chi connectivity index (χ4n) is 3.33. The summed E-state index contributed by atoms with van der Waals surface area (Å²) in [6, 6.07) is 1.06. The summed E-state index contributed by atoms with van der Waals surface area (Å²) in [6.07, 6.45) is -3.41. The minimum Gasteiger partial charge on any atom is -0.378 e. The van der Waals surface area contributed by atoms with E-state index in [9.17, 15) is 23.1 Å². The van der Waals surface area contributed by atoms with Gasteiger partial charge in [0.1, 0.15) is 18.0 Å². The number of amides is 1. The summed E-state index contributed by atoms with van der Waals surface area (Å²) in [5, 5.41) is 13.4. The average molecular weight is 456 g/mol. The molecule has 0 unspecified atom stereocenters. The van der Waals surface area contributed by atoms with Gasteiger partial charge in [0.05, 0.1) is 27.4 Å². The molecule has 3 rings (SSSR count). The number of hydrogen-bond donors (Lipinski definition) is 2. The first kappa shape index (κ1) is 23.3. The second-order valence-corrected chi connectivity index (χ2v) is 8.67. The van der Waals surface area contributed by atoms with Crippen molar-refractivity contribution in [3.8, 4) is 11.8 Å². The van der Waals surface area contributed by atoms with E-state index in [0.717, 1.165) is 17.4 Å². The van der Waals surface area contributed by atoms with Crippen LogP contribution in [0.5, 0.6) is 0 Å². The summed E-state index contributed by atoms with van der Waals surface area (Å²) in [7, 11) is 1.43. The van der Waals surface area contributed by atoms with E-state index in [0.29, 0.717) is 25.9 Å². The zero-order valence-corrected chi connectivity index (χ0v) is 18.3. The van der Waals surface area contributed by atoms with Crippen molar-refractivity contribution in [3.05, 3.63) is 22.6 Å². The minimum absolute atomic E-state index is 0.0431. The van der Waals surface area contributed by atoms with Crippen LogP contribution in [0.4, 0.5) is 19.0 Å². The number of alkyl halides is 3. The number of thiophene rings is 1. The summed E-state index contributed by atoms with van der Waals surface area (Å²) >= 11 is 0.867. The van der Waals surface area contributed by atoms with Gasteiger partial charge in [-0.25, -0.2) is 4.98 Å². The number of rotatable bonds is 4. The number of pyridine rings is 1. The fourth-order valence-corrected chi connectivity index (χ4v) is 4.35. The molecule has 0 saturated carbocycles. The SMILES string of the molecule is CNC(=O)c1csc2c(C(F)(F)F)cc(N3CCC(OCC#CC(C)(C)O)CC3)nc12. The Hall–Kier alpha value is -2.35. The first-order valence-electron chi connectivity index (χ1n) is 9.80. The predicted molar refractivity (Wildman–Crippen MR) is 113 cm³/mol. The Labute approximate surface area is 182 Å². The van der Waals surface area contributed by atoms with E-state index < -0.39 is 23.2 Å². The maximum atomic E-state index is 13.7. The lowest BCUT2D eigenvalue weighted by molar-refractivity contribution is -0.136. The molecule has 31 heavy (non-hydrogen) atoms. The van der Waals surface area contributed by atoms with Crippen molar-refractivity contribution in [2.45, 2.75) is 44.6 Å². The van der Waals surface area contributed by atoms with Gasteiger partial charge in [0.2, 0.25) is 0 Å². The molecule has 1 fully saturated rings. The molecule has 0 atom stereocenters. The van der Waals surface area contributed by atoms with Crippen molar-refractivity contribution < 1.29 is 27.8 Å². The fraction of sp³-hybridized carbons (Fsp3) is 0.524. The summed E-state index contributed by atoms with van der Waals surface area (Å²) in [5.74, 6) is 5.17.